The molecule has 0 aromatic heterocycles. The highest BCUT2D eigenvalue weighted by molar-refractivity contribution is 6.42. The Morgan fingerprint density at radius 2 is 1.88 bits per heavy atom. The second-order valence-electron chi connectivity index (χ2n) is 6.12. The highest BCUT2D eigenvalue weighted by Gasteiger charge is 2.32. The lowest BCUT2D eigenvalue weighted by atomic mass is 9.85. The zero-order valence-corrected chi connectivity index (χ0v) is 15.0. The van der Waals surface area contributed by atoms with Crippen LogP contribution in [-0.2, 0) is 0 Å². The van der Waals surface area contributed by atoms with Gasteiger partial charge in [0.15, 0.2) is 0 Å². The maximum Gasteiger partial charge on any atom is 0.253 e. The maximum atomic E-state index is 12.8. The van der Waals surface area contributed by atoms with Crippen molar-refractivity contribution < 1.29 is 4.79 Å². The number of benzene rings is 2. The van der Waals surface area contributed by atoms with E-state index in [-0.39, 0.29) is 17.9 Å². The number of nitrogens with zero attached hydrogens (tertiary/aromatic N) is 1. The van der Waals surface area contributed by atoms with Crippen LogP contribution in [0.2, 0.25) is 10.0 Å². The van der Waals surface area contributed by atoms with Gasteiger partial charge in [-0.1, -0.05) is 47.5 Å². The molecular formula is C19H20Cl2N2O. The number of piperidine rings is 1. The summed E-state index contributed by atoms with van der Waals surface area (Å²) in [6.45, 7) is 1.71. The molecule has 1 amide bonds. The molecule has 1 heterocycles. The Bertz CT molecular complexity index is 721. The van der Waals surface area contributed by atoms with Gasteiger partial charge in [-0.05, 0) is 42.8 Å². The molecule has 1 saturated heterocycles. The number of carbonyl (C=O) groups excluding carboxylic acids is 1. The summed E-state index contributed by atoms with van der Waals surface area (Å²) < 4.78 is 0. The molecule has 0 aliphatic carbocycles. The van der Waals surface area contributed by atoms with Gasteiger partial charge in [0.2, 0.25) is 0 Å². The molecule has 3 rings (SSSR count). The van der Waals surface area contributed by atoms with Crippen molar-refractivity contribution in [3.63, 3.8) is 0 Å². The van der Waals surface area contributed by atoms with Crippen molar-refractivity contribution >= 4 is 29.1 Å². The smallest absolute Gasteiger partial charge is 0.253 e. The minimum atomic E-state index is 0.0487. The molecule has 0 bridgehead atoms. The Morgan fingerprint density at radius 3 is 2.58 bits per heavy atom. The van der Waals surface area contributed by atoms with Crippen molar-refractivity contribution in [2.45, 2.75) is 18.4 Å². The number of hydrogen-bond donors (Lipinski definition) is 1. The Balaban J connectivity index is 1.86. The van der Waals surface area contributed by atoms with Gasteiger partial charge in [0.05, 0.1) is 10.0 Å². The minimum absolute atomic E-state index is 0.0487. The molecule has 0 radical (unpaired) electrons. The van der Waals surface area contributed by atoms with Gasteiger partial charge >= 0.3 is 0 Å². The fourth-order valence-corrected chi connectivity index (χ4v) is 3.63. The van der Waals surface area contributed by atoms with E-state index < -0.39 is 0 Å². The van der Waals surface area contributed by atoms with Gasteiger partial charge in [0, 0.05) is 31.1 Å². The van der Waals surface area contributed by atoms with E-state index in [2.05, 4.69) is 5.32 Å². The number of carbonyl (C=O) groups is 1. The lowest BCUT2D eigenvalue weighted by Crippen LogP contribution is -2.49. The molecule has 2 atom stereocenters. The summed E-state index contributed by atoms with van der Waals surface area (Å²) in [6.07, 6.45) is 0.903. The Labute approximate surface area is 152 Å². The minimum Gasteiger partial charge on any atom is -0.338 e. The summed E-state index contributed by atoms with van der Waals surface area (Å²) in [5.74, 6) is 0.235. The summed E-state index contributed by atoms with van der Waals surface area (Å²) >= 11 is 12.2. The SMILES string of the molecule is CN(C(=O)c1ccccc1)C1CCNCC1c1ccc(Cl)c(Cl)c1. The van der Waals surface area contributed by atoms with Gasteiger partial charge in [-0.3, -0.25) is 4.79 Å². The van der Waals surface area contributed by atoms with Crippen LogP contribution in [0.4, 0.5) is 0 Å². The fourth-order valence-electron chi connectivity index (χ4n) is 3.33. The van der Waals surface area contributed by atoms with Gasteiger partial charge in [-0.2, -0.15) is 0 Å². The second-order valence-corrected chi connectivity index (χ2v) is 6.94. The number of rotatable bonds is 3. The zero-order chi connectivity index (χ0) is 17.1. The van der Waals surface area contributed by atoms with E-state index in [0.717, 1.165) is 25.1 Å². The van der Waals surface area contributed by atoms with Crippen molar-refractivity contribution in [2.24, 2.45) is 0 Å². The molecule has 3 nitrogen and oxygen atoms in total. The first kappa shape index (κ1) is 17.3. The molecular weight excluding hydrogens is 343 g/mol. The number of hydrogen-bond acceptors (Lipinski definition) is 2. The van der Waals surface area contributed by atoms with E-state index in [0.29, 0.717) is 15.6 Å². The van der Waals surface area contributed by atoms with Crippen molar-refractivity contribution in [3.05, 3.63) is 69.7 Å². The third-order valence-corrected chi connectivity index (χ3v) is 5.39. The van der Waals surface area contributed by atoms with E-state index in [9.17, 15) is 4.79 Å². The number of amides is 1. The van der Waals surface area contributed by atoms with E-state index in [1.807, 2.05) is 60.5 Å². The fraction of sp³-hybridized carbons (Fsp3) is 0.316. The van der Waals surface area contributed by atoms with Crippen LogP contribution in [0, 0.1) is 0 Å². The Kier molecular flexibility index (Phi) is 5.44. The molecule has 1 N–H and O–H groups in total. The van der Waals surface area contributed by atoms with Crippen molar-refractivity contribution in [1.29, 1.82) is 0 Å². The molecule has 1 aliphatic heterocycles. The summed E-state index contributed by atoms with van der Waals surface area (Å²) in [7, 11) is 1.88. The molecule has 5 heteroatoms. The number of nitrogens with one attached hydrogen (secondary N) is 1. The maximum absolute atomic E-state index is 12.8. The summed E-state index contributed by atoms with van der Waals surface area (Å²) in [4.78, 5) is 14.7. The molecule has 2 unspecified atom stereocenters. The van der Waals surface area contributed by atoms with Crippen LogP contribution < -0.4 is 5.32 Å². The van der Waals surface area contributed by atoms with Crippen LogP contribution in [0.1, 0.15) is 28.3 Å². The monoisotopic (exact) mass is 362 g/mol. The third-order valence-electron chi connectivity index (χ3n) is 4.66. The standard InChI is InChI=1S/C19H20Cl2N2O/c1-23(19(24)13-5-3-2-4-6-13)18-9-10-22-12-15(18)14-7-8-16(20)17(21)11-14/h2-8,11,15,18,22H,9-10,12H2,1H3. The average molecular weight is 363 g/mol. The molecule has 126 valence electrons. The van der Waals surface area contributed by atoms with Crippen LogP contribution >= 0.6 is 23.2 Å². The third kappa shape index (κ3) is 3.59. The van der Waals surface area contributed by atoms with Crippen LogP contribution in [0.25, 0.3) is 0 Å². The quantitative estimate of drug-likeness (QED) is 0.886. The van der Waals surface area contributed by atoms with Crippen LogP contribution in [-0.4, -0.2) is 37.0 Å². The Hall–Kier alpha value is -1.55. The van der Waals surface area contributed by atoms with Gasteiger partial charge in [-0.15, -0.1) is 0 Å². The summed E-state index contributed by atoms with van der Waals surface area (Å²) in [6, 6.07) is 15.3. The van der Waals surface area contributed by atoms with E-state index in [1.165, 1.54) is 0 Å². The number of halogens is 2. The van der Waals surface area contributed by atoms with Crippen molar-refractivity contribution in [2.75, 3.05) is 20.1 Å². The van der Waals surface area contributed by atoms with Crippen molar-refractivity contribution in [1.82, 2.24) is 10.2 Å². The van der Waals surface area contributed by atoms with Gasteiger partial charge in [0.1, 0.15) is 0 Å². The summed E-state index contributed by atoms with van der Waals surface area (Å²) in [5.41, 5.74) is 1.82. The highest BCUT2D eigenvalue weighted by atomic mass is 35.5. The van der Waals surface area contributed by atoms with Crippen LogP contribution in [0.3, 0.4) is 0 Å². The van der Waals surface area contributed by atoms with Gasteiger partial charge in [-0.25, -0.2) is 0 Å². The lowest BCUT2D eigenvalue weighted by Gasteiger charge is -2.39. The van der Waals surface area contributed by atoms with Crippen molar-refractivity contribution in [3.8, 4) is 0 Å². The van der Waals surface area contributed by atoms with E-state index in [1.54, 1.807) is 0 Å². The normalized spacial score (nSPS) is 20.6. The lowest BCUT2D eigenvalue weighted by molar-refractivity contribution is 0.0679. The molecule has 0 saturated carbocycles. The van der Waals surface area contributed by atoms with E-state index >= 15 is 0 Å². The first-order chi connectivity index (χ1) is 11.6. The molecule has 1 fully saturated rings. The van der Waals surface area contributed by atoms with Gasteiger partial charge < -0.3 is 10.2 Å². The predicted molar refractivity (Wildman–Crippen MR) is 99.0 cm³/mol. The topological polar surface area (TPSA) is 32.3 Å². The van der Waals surface area contributed by atoms with Crippen LogP contribution in [0.5, 0.6) is 0 Å². The van der Waals surface area contributed by atoms with Crippen LogP contribution in [0.15, 0.2) is 48.5 Å². The first-order valence-corrected chi connectivity index (χ1v) is 8.81. The molecule has 1 aliphatic rings. The highest BCUT2D eigenvalue weighted by Crippen LogP contribution is 2.32. The molecule has 2 aromatic rings. The largest absolute Gasteiger partial charge is 0.338 e. The predicted octanol–water partition coefficient (Wildman–Crippen LogP) is 4.21. The Morgan fingerprint density at radius 1 is 1.12 bits per heavy atom. The average Bonchev–Trinajstić information content (AvgIpc) is 2.63. The van der Waals surface area contributed by atoms with E-state index in [4.69, 9.17) is 23.2 Å². The number of likely N-dealkylation sites (N-methyl/N-ethyl adjacent to an activating group) is 1. The molecule has 2 aromatic carbocycles. The molecule has 24 heavy (non-hydrogen) atoms. The first-order valence-electron chi connectivity index (χ1n) is 8.06. The zero-order valence-electron chi connectivity index (χ0n) is 13.5. The van der Waals surface area contributed by atoms with Gasteiger partial charge in [0.25, 0.3) is 5.91 Å². The second kappa shape index (κ2) is 7.56. The molecule has 0 spiro atoms. The summed E-state index contributed by atoms with van der Waals surface area (Å²) in [5, 5.41) is 4.52.